The third-order valence-corrected chi connectivity index (χ3v) is 6.08. The molecule has 2 fully saturated rings. The summed E-state index contributed by atoms with van der Waals surface area (Å²) in [4.78, 5) is 14.6. The predicted molar refractivity (Wildman–Crippen MR) is 102 cm³/mol. The summed E-state index contributed by atoms with van der Waals surface area (Å²) in [5.74, 6) is 0.560. The maximum Gasteiger partial charge on any atom is 0.317 e. The lowest BCUT2D eigenvalue weighted by molar-refractivity contribution is 0.174. The molecule has 1 aromatic carbocycles. The van der Waals surface area contributed by atoms with E-state index >= 15 is 0 Å². The molecule has 2 heterocycles. The van der Waals surface area contributed by atoms with Crippen LogP contribution in [0.25, 0.3) is 10.9 Å². The number of aryl methyl sites for hydroxylation is 1. The maximum absolute atomic E-state index is 12.5. The Hall–Kier alpha value is -1.97. The Kier molecular flexibility index (Phi) is 4.69. The van der Waals surface area contributed by atoms with Crippen LogP contribution in [0.15, 0.2) is 30.5 Å². The summed E-state index contributed by atoms with van der Waals surface area (Å²) < 4.78 is 2.23. The van der Waals surface area contributed by atoms with Gasteiger partial charge in [-0.2, -0.15) is 0 Å². The first kappa shape index (κ1) is 16.5. The summed E-state index contributed by atoms with van der Waals surface area (Å²) in [7, 11) is 2.12. The molecule has 1 N–H and O–H groups in total. The highest BCUT2D eigenvalue weighted by Gasteiger charge is 2.27. The summed E-state index contributed by atoms with van der Waals surface area (Å²) in [5.41, 5.74) is 2.75. The van der Waals surface area contributed by atoms with Gasteiger partial charge in [-0.1, -0.05) is 37.5 Å². The van der Waals surface area contributed by atoms with Crippen LogP contribution < -0.4 is 5.32 Å². The number of benzene rings is 1. The van der Waals surface area contributed by atoms with Gasteiger partial charge in [0.2, 0.25) is 0 Å². The van der Waals surface area contributed by atoms with Gasteiger partial charge >= 0.3 is 6.03 Å². The number of para-hydroxylation sites is 1. The monoisotopic (exact) mass is 339 g/mol. The molecule has 0 unspecified atom stereocenters. The van der Waals surface area contributed by atoms with Crippen molar-refractivity contribution < 1.29 is 4.79 Å². The fraction of sp³-hybridized carbons (Fsp3) is 0.571. The van der Waals surface area contributed by atoms with Crippen molar-refractivity contribution in [2.75, 3.05) is 13.1 Å². The van der Waals surface area contributed by atoms with E-state index in [-0.39, 0.29) is 6.03 Å². The van der Waals surface area contributed by atoms with Gasteiger partial charge in [-0.05, 0) is 43.2 Å². The fourth-order valence-electron chi connectivity index (χ4n) is 4.60. The van der Waals surface area contributed by atoms with E-state index in [9.17, 15) is 4.79 Å². The lowest BCUT2D eigenvalue weighted by Gasteiger charge is -2.34. The van der Waals surface area contributed by atoms with Crippen LogP contribution >= 0.6 is 0 Å². The van der Waals surface area contributed by atoms with Crippen LogP contribution in [0.3, 0.4) is 0 Å². The minimum atomic E-state index is 0.156. The number of carbonyl (C=O) groups is 1. The molecule has 1 aromatic heterocycles. The Morgan fingerprint density at radius 3 is 2.52 bits per heavy atom. The average Bonchev–Trinajstić information content (AvgIpc) is 3.00. The van der Waals surface area contributed by atoms with Gasteiger partial charge in [-0.15, -0.1) is 0 Å². The fourth-order valence-corrected chi connectivity index (χ4v) is 4.60. The Balaban J connectivity index is 1.38. The second-order valence-electron chi connectivity index (χ2n) is 7.76. The van der Waals surface area contributed by atoms with Gasteiger partial charge in [0.15, 0.2) is 0 Å². The van der Waals surface area contributed by atoms with Crippen LogP contribution in [0.5, 0.6) is 0 Å². The van der Waals surface area contributed by atoms with Crippen LogP contribution in [0.4, 0.5) is 4.79 Å². The first-order valence-electron chi connectivity index (χ1n) is 9.82. The second kappa shape index (κ2) is 7.11. The molecule has 1 aliphatic heterocycles. The van der Waals surface area contributed by atoms with Gasteiger partial charge in [0.05, 0.1) is 0 Å². The number of nitrogens with zero attached hydrogens (tertiary/aromatic N) is 2. The van der Waals surface area contributed by atoms with Crippen molar-refractivity contribution in [3.8, 4) is 0 Å². The number of carbonyl (C=O) groups excluding carboxylic acids is 1. The summed E-state index contributed by atoms with van der Waals surface area (Å²) in [6.07, 6.45) is 10.5. The smallest absolute Gasteiger partial charge is 0.317 e. The second-order valence-corrected chi connectivity index (χ2v) is 7.76. The van der Waals surface area contributed by atoms with Crippen molar-refractivity contribution in [3.05, 3.63) is 36.0 Å². The van der Waals surface area contributed by atoms with E-state index in [1.165, 1.54) is 35.7 Å². The summed E-state index contributed by atoms with van der Waals surface area (Å²) in [6, 6.07) is 9.20. The summed E-state index contributed by atoms with van der Waals surface area (Å²) >= 11 is 0. The van der Waals surface area contributed by atoms with Gasteiger partial charge in [0.25, 0.3) is 0 Å². The first-order valence-corrected chi connectivity index (χ1v) is 9.82. The van der Waals surface area contributed by atoms with Crippen LogP contribution in [-0.2, 0) is 7.05 Å². The van der Waals surface area contributed by atoms with E-state index in [0.29, 0.717) is 12.0 Å². The molecule has 1 saturated carbocycles. The van der Waals surface area contributed by atoms with Gasteiger partial charge < -0.3 is 14.8 Å². The number of nitrogens with one attached hydrogen (secondary N) is 1. The number of hydrogen-bond donors (Lipinski definition) is 1. The molecular formula is C21H29N3O. The lowest BCUT2D eigenvalue weighted by atomic mass is 9.89. The Bertz CT molecular complexity index is 737. The van der Waals surface area contributed by atoms with Crippen molar-refractivity contribution in [3.63, 3.8) is 0 Å². The number of piperidine rings is 1. The van der Waals surface area contributed by atoms with E-state index in [2.05, 4.69) is 47.4 Å². The SMILES string of the molecule is Cn1cc(C2CCN(C(=O)NC3CCCCC3)CC2)c2ccccc21. The molecule has 4 nitrogen and oxygen atoms in total. The highest BCUT2D eigenvalue weighted by Crippen LogP contribution is 2.34. The van der Waals surface area contributed by atoms with E-state index in [4.69, 9.17) is 0 Å². The van der Waals surface area contributed by atoms with Crippen LogP contribution in [0, 0.1) is 0 Å². The number of urea groups is 1. The zero-order valence-electron chi connectivity index (χ0n) is 15.2. The van der Waals surface area contributed by atoms with Crippen molar-refractivity contribution in [2.24, 2.45) is 7.05 Å². The Morgan fingerprint density at radius 1 is 1.04 bits per heavy atom. The predicted octanol–water partition coefficient (Wildman–Crippen LogP) is 4.40. The molecule has 0 spiro atoms. The Labute approximate surface area is 150 Å². The first-order chi connectivity index (χ1) is 12.2. The van der Waals surface area contributed by atoms with E-state index in [1.807, 2.05) is 4.90 Å². The van der Waals surface area contributed by atoms with Crippen molar-refractivity contribution in [1.29, 1.82) is 0 Å². The zero-order chi connectivity index (χ0) is 17.2. The third kappa shape index (κ3) is 3.39. The zero-order valence-corrected chi connectivity index (χ0v) is 15.2. The number of amides is 2. The molecule has 1 saturated heterocycles. The third-order valence-electron chi connectivity index (χ3n) is 6.08. The Morgan fingerprint density at radius 2 is 1.76 bits per heavy atom. The molecular weight excluding hydrogens is 310 g/mol. The molecule has 134 valence electrons. The minimum Gasteiger partial charge on any atom is -0.350 e. The maximum atomic E-state index is 12.5. The van der Waals surface area contributed by atoms with Crippen LogP contribution in [0.1, 0.15) is 56.4 Å². The summed E-state index contributed by atoms with van der Waals surface area (Å²) in [6.45, 7) is 1.74. The molecule has 25 heavy (non-hydrogen) atoms. The van der Waals surface area contributed by atoms with Crippen molar-refractivity contribution in [1.82, 2.24) is 14.8 Å². The van der Waals surface area contributed by atoms with Crippen LogP contribution in [0.2, 0.25) is 0 Å². The summed E-state index contributed by atoms with van der Waals surface area (Å²) in [5, 5.41) is 4.63. The standard InChI is InChI=1S/C21H29N3O/c1-23-15-19(18-9-5-6-10-20(18)23)16-11-13-24(14-12-16)21(25)22-17-7-3-2-4-8-17/h5-6,9-10,15-17H,2-4,7-8,11-14H2,1H3,(H,22,25). The number of hydrogen-bond acceptors (Lipinski definition) is 1. The van der Waals surface area contributed by atoms with Gasteiger partial charge in [-0.25, -0.2) is 4.79 Å². The van der Waals surface area contributed by atoms with Crippen molar-refractivity contribution in [2.45, 2.75) is 56.9 Å². The van der Waals surface area contributed by atoms with Gasteiger partial charge in [-0.3, -0.25) is 0 Å². The lowest BCUT2D eigenvalue weighted by Crippen LogP contribution is -2.48. The molecule has 0 atom stereocenters. The topological polar surface area (TPSA) is 37.3 Å². The number of fused-ring (bicyclic) bond motifs is 1. The van der Waals surface area contributed by atoms with Crippen LogP contribution in [-0.4, -0.2) is 34.6 Å². The molecule has 2 aliphatic rings. The van der Waals surface area contributed by atoms with Gasteiger partial charge in [0, 0.05) is 43.3 Å². The van der Waals surface area contributed by atoms with E-state index in [0.717, 1.165) is 38.8 Å². The van der Waals surface area contributed by atoms with E-state index < -0.39 is 0 Å². The molecule has 4 rings (SSSR count). The number of rotatable bonds is 2. The molecule has 2 amide bonds. The minimum absolute atomic E-state index is 0.156. The molecule has 1 aliphatic carbocycles. The van der Waals surface area contributed by atoms with Crippen molar-refractivity contribution >= 4 is 16.9 Å². The normalized spacial score (nSPS) is 20.1. The largest absolute Gasteiger partial charge is 0.350 e. The van der Waals surface area contributed by atoms with E-state index in [1.54, 1.807) is 0 Å². The average molecular weight is 339 g/mol. The highest BCUT2D eigenvalue weighted by molar-refractivity contribution is 5.84. The highest BCUT2D eigenvalue weighted by atomic mass is 16.2. The quantitative estimate of drug-likeness (QED) is 0.865. The molecule has 4 heteroatoms. The molecule has 0 radical (unpaired) electrons. The number of likely N-dealkylation sites (tertiary alicyclic amines) is 1. The number of aromatic nitrogens is 1. The van der Waals surface area contributed by atoms with Gasteiger partial charge in [0.1, 0.15) is 0 Å². The molecule has 2 aromatic rings. The molecule has 0 bridgehead atoms.